The Balaban J connectivity index is 2.45. The number of hydrogen-bond donors (Lipinski definition) is 0. The summed E-state index contributed by atoms with van der Waals surface area (Å²) in [5.74, 6) is -5.95. The first-order chi connectivity index (χ1) is 11.5. The Morgan fingerprint density at radius 2 is 1.04 bits per heavy atom. The van der Waals surface area contributed by atoms with E-state index in [9.17, 15) is 17.6 Å². The molecule has 0 aliphatic carbocycles. The van der Waals surface area contributed by atoms with Gasteiger partial charge in [-0.05, 0) is 24.3 Å². The topological polar surface area (TPSA) is 18.5 Å². The van der Waals surface area contributed by atoms with Crippen LogP contribution in [0.15, 0.2) is 49.6 Å². The lowest BCUT2D eigenvalue weighted by atomic mass is 10.0. The molecule has 0 atom stereocenters. The first-order valence-corrected chi connectivity index (χ1v) is 6.95. The average Bonchev–Trinajstić information content (AvgIpc) is 2.58. The molecule has 0 spiro atoms. The van der Waals surface area contributed by atoms with Gasteiger partial charge in [-0.1, -0.05) is 25.3 Å². The molecular formula is C18H14F4O2. The van der Waals surface area contributed by atoms with E-state index >= 15 is 0 Å². The highest BCUT2D eigenvalue weighted by molar-refractivity contribution is 5.67. The number of hydrogen-bond acceptors (Lipinski definition) is 2. The summed E-state index contributed by atoms with van der Waals surface area (Å²) in [6, 6.07) is 4.49. The molecule has 2 nitrogen and oxygen atoms in total. The fraction of sp³-hybridized carbons (Fsp3) is 0.111. The second-order valence-electron chi connectivity index (χ2n) is 4.68. The van der Waals surface area contributed by atoms with Crippen molar-refractivity contribution < 1.29 is 27.0 Å². The zero-order chi connectivity index (χ0) is 17.7. The lowest BCUT2D eigenvalue weighted by molar-refractivity contribution is 0.331. The highest BCUT2D eigenvalue weighted by atomic mass is 19.2. The Morgan fingerprint density at radius 3 is 1.38 bits per heavy atom. The van der Waals surface area contributed by atoms with Crippen molar-refractivity contribution in [2.75, 3.05) is 13.2 Å². The molecule has 2 rings (SSSR count). The average molecular weight is 338 g/mol. The molecule has 2 aromatic rings. The van der Waals surface area contributed by atoms with Gasteiger partial charge in [-0.25, -0.2) is 8.78 Å². The van der Waals surface area contributed by atoms with Crippen molar-refractivity contribution in [3.8, 4) is 22.6 Å². The van der Waals surface area contributed by atoms with Crippen LogP contribution in [-0.4, -0.2) is 13.2 Å². The largest absolute Gasteiger partial charge is 0.486 e. The minimum Gasteiger partial charge on any atom is -0.486 e. The van der Waals surface area contributed by atoms with Crippen LogP contribution in [0.1, 0.15) is 0 Å². The third-order valence-corrected chi connectivity index (χ3v) is 3.10. The van der Waals surface area contributed by atoms with Gasteiger partial charge in [-0.15, -0.1) is 0 Å². The van der Waals surface area contributed by atoms with Gasteiger partial charge in [-0.2, -0.15) is 8.78 Å². The highest BCUT2D eigenvalue weighted by Gasteiger charge is 2.21. The van der Waals surface area contributed by atoms with Crippen molar-refractivity contribution in [2.45, 2.75) is 0 Å². The van der Waals surface area contributed by atoms with Gasteiger partial charge < -0.3 is 9.47 Å². The SMILES string of the molecule is C=CCOc1ccc(-c2ccc(OCC=C)c(F)c2F)c(F)c1F. The summed E-state index contributed by atoms with van der Waals surface area (Å²) < 4.78 is 66.2. The third kappa shape index (κ3) is 3.42. The quantitative estimate of drug-likeness (QED) is 0.520. The second kappa shape index (κ2) is 7.68. The van der Waals surface area contributed by atoms with Crippen LogP contribution in [-0.2, 0) is 0 Å². The zero-order valence-electron chi connectivity index (χ0n) is 12.6. The molecule has 2 aromatic carbocycles. The Kier molecular flexibility index (Phi) is 5.63. The van der Waals surface area contributed by atoms with Crippen LogP contribution in [0.3, 0.4) is 0 Å². The summed E-state index contributed by atoms with van der Waals surface area (Å²) in [5, 5.41) is 0. The van der Waals surface area contributed by atoms with E-state index in [2.05, 4.69) is 13.2 Å². The van der Waals surface area contributed by atoms with Gasteiger partial charge in [-0.3, -0.25) is 0 Å². The van der Waals surface area contributed by atoms with E-state index < -0.39 is 34.4 Å². The van der Waals surface area contributed by atoms with Crippen molar-refractivity contribution in [1.82, 2.24) is 0 Å². The Morgan fingerprint density at radius 1 is 0.667 bits per heavy atom. The fourth-order valence-corrected chi connectivity index (χ4v) is 2.00. The fourth-order valence-electron chi connectivity index (χ4n) is 2.00. The Hall–Kier alpha value is -2.76. The molecule has 0 radical (unpaired) electrons. The maximum absolute atomic E-state index is 14.2. The van der Waals surface area contributed by atoms with Crippen LogP contribution >= 0.6 is 0 Å². The molecule has 0 amide bonds. The molecule has 0 aliphatic rings. The van der Waals surface area contributed by atoms with Crippen molar-refractivity contribution in [3.63, 3.8) is 0 Å². The summed E-state index contributed by atoms with van der Waals surface area (Å²) >= 11 is 0. The predicted molar refractivity (Wildman–Crippen MR) is 83.1 cm³/mol. The molecule has 0 heterocycles. The van der Waals surface area contributed by atoms with Gasteiger partial charge >= 0.3 is 0 Å². The summed E-state index contributed by atoms with van der Waals surface area (Å²) in [4.78, 5) is 0. The first kappa shape index (κ1) is 17.6. The second-order valence-corrected chi connectivity index (χ2v) is 4.68. The van der Waals surface area contributed by atoms with E-state index in [0.717, 1.165) is 24.3 Å². The van der Waals surface area contributed by atoms with Gasteiger partial charge in [0, 0.05) is 11.1 Å². The van der Waals surface area contributed by atoms with Crippen LogP contribution < -0.4 is 9.47 Å². The summed E-state index contributed by atoms with van der Waals surface area (Å²) in [6.45, 7) is 6.75. The molecule has 0 aromatic heterocycles. The lowest BCUT2D eigenvalue weighted by Crippen LogP contribution is -2.02. The molecule has 0 saturated carbocycles. The highest BCUT2D eigenvalue weighted by Crippen LogP contribution is 2.34. The molecule has 6 heteroatoms. The van der Waals surface area contributed by atoms with Crippen molar-refractivity contribution in [3.05, 3.63) is 72.8 Å². The van der Waals surface area contributed by atoms with Crippen LogP contribution in [0.5, 0.6) is 11.5 Å². The van der Waals surface area contributed by atoms with Gasteiger partial charge in [0.15, 0.2) is 23.1 Å². The van der Waals surface area contributed by atoms with Crippen molar-refractivity contribution in [1.29, 1.82) is 0 Å². The van der Waals surface area contributed by atoms with Crippen LogP contribution in [0.4, 0.5) is 17.6 Å². The van der Waals surface area contributed by atoms with E-state index in [4.69, 9.17) is 9.47 Å². The van der Waals surface area contributed by atoms with Crippen LogP contribution in [0.25, 0.3) is 11.1 Å². The molecule has 0 bridgehead atoms. The maximum atomic E-state index is 14.2. The summed E-state index contributed by atoms with van der Waals surface area (Å²) in [7, 11) is 0. The lowest BCUT2D eigenvalue weighted by Gasteiger charge is -2.12. The molecule has 0 unspecified atom stereocenters. The van der Waals surface area contributed by atoms with Gasteiger partial charge in [0.2, 0.25) is 11.6 Å². The zero-order valence-corrected chi connectivity index (χ0v) is 12.6. The van der Waals surface area contributed by atoms with E-state index in [-0.39, 0.29) is 24.7 Å². The molecular weight excluding hydrogens is 324 g/mol. The minimum absolute atomic E-state index is 0.0198. The number of benzene rings is 2. The summed E-state index contributed by atoms with van der Waals surface area (Å²) in [5.41, 5.74) is -0.852. The molecule has 126 valence electrons. The Labute approximate surface area is 136 Å². The number of ether oxygens (including phenoxy) is 2. The standard InChI is InChI=1S/C18H14F4O2/c1-3-9-23-13-7-5-11(15(19)17(13)21)12-6-8-14(24-10-4-2)18(22)16(12)20/h3-8H,1-2,9-10H2. The van der Waals surface area contributed by atoms with Crippen LogP contribution in [0.2, 0.25) is 0 Å². The maximum Gasteiger partial charge on any atom is 0.201 e. The van der Waals surface area contributed by atoms with E-state index in [1.165, 1.54) is 12.2 Å². The monoisotopic (exact) mass is 338 g/mol. The molecule has 0 aliphatic heterocycles. The van der Waals surface area contributed by atoms with Crippen LogP contribution in [0, 0.1) is 23.3 Å². The van der Waals surface area contributed by atoms with E-state index in [1.54, 1.807) is 0 Å². The molecule has 24 heavy (non-hydrogen) atoms. The third-order valence-electron chi connectivity index (χ3n) is 3.10. The van der Waals surface area contributed by atoms with Gasteiger partial charge in [0.25, 0.3) is 0 Å². The van der Waals surface area contributed by atoms with Crippen molar-refractivity contribution >= 4 is 0 Å². The predicted octanol–water partition coefficient (Wildman–Crippen LogP) is 5.04. The van der Waals surface area contributed by atoms with E-state index in [1.807, 2.05) is 0 Å². The first-order valence-electron chi connectivity index (χ1n) is 6.95. The van der Waals surface area contributed by atoms with E-state index in [0.29, 0.717) is 0 Å². The van der Waals surface area contributed by atoms with Gasteiger partial charge in [0.05, 0.1) is 0 Å². The molecule has 0 saturated heterocycles. The minimum atomic E-state index is -1.34. The molecule has 0 fully saturated rings. The normalized spacial score (nSPS) is 10.3. The number of rotatable bonds is 7. The molecule has 0 N–H and O–H groups in total. The smallest absolute Gasteiger partial charge is 0.201 e. The van der Waals surface area contributed by atoms with Gasteiger partial charge in [0.1, 0.15) is 13.2 Å². The van der Waals surface area contributed by atoms with Crippen molar-refractivity contribution in [2.24, 2.45) is 0 Å². The summed E-state index contributed by atoms with van der Waals surface area (Å²) in [6.07, 6.45) is 2.73. The Bertz CT molecular complexity index is 707. The number of halogens is 4.